The van der Waals surface area contributed by atoms with E-state index in [1.165, 1.54) is 12.4 Å². The van der Waals surface area contributed by atoms with Crippen molar-refractivity contribution in [3.63, 3.8) is 0 Å². The van der Waals surface area contributed by atoms with E-state index in [1.54, 1.807) is 16.8 Å². The van der Waals surface area contributed by atoms with Gasteiger partial charge < -0.3 is 9.84 Å². The number of carboxylic acid groups (broad SMARTS) is 1. The Kier molecular flexibility index (Phi) is 4.73. The molecule has 0 saturated heterocycles. The maximum absolute atomic E-state index is 11.2. The second-order valence-corrected chi connectivity index (χ2v) is 5.05. The fraction of sp³-hybridized carbons (Fsp3) is 0.308. The molecule has 0 aliphatic heterocycles. The van der Waals surface area contributed by atoms with Crippen molar-refractivity contribution in [2.24, 2.45) is 0 Å². The van der Waals surface area contributed by atoms with Gasteiger partial charge in [-0.15, -0.1) is 0 Å². The van der Waals surface area contributed by atoms with Crippen molar-refractivity contribution in [2.45, 2.75) is 26.5 Å². The van der Waals surface area contributed by atoms with Crippen molar-refractivity contribution in [1.29, 1.82) is 0 Å². The van der Waals surface area contributed by atoms with Crippen LogP contribution in [0.15, 0.2) is 29.0 Å². The van der Waals surface area contributed by atoms with Crippen LogP contribution in [0.3, 0.4) is 0 Å². The summed E-state index contributed by atoms with van der Waals surface area (Å²) in [5, 5.41) is 13.2. The van der Waals surface area contributed by atoms with E-state index in [2.05, 4.69) is 26.0 Å². The summed E-state index contributed by atoms with van der Waals surface area (Å²) >= 11 is 3.24. The Balaban J connectivity index is 2.14. The molecule has 1 aromatic carbocycles. The average molecular weight is 340 g/mol. The van der Waals surface area contributed by atoms with Crippen molar-refractivity contribution in [1.82, 2.24) is 14.8 Å². The van der Waals surface area contributed by atoms with Gasteiger partial charge in [0, 0.05) is 11.0 Å². The lowest BCUT2D eigenvalue weighted by molar-refractivity contribution is 0.0691. The monoisotopic (exact) mass is 339 g/mol. The molecular weight excluding hydrogens is 326 g/mol. The molecule has 0 amide bonds. The summed E-state index contributed by atoms with van der Waals surface area (Å²) < 4.78 is 8.00. The van der Waals surface area contributed by atoms with Gasteiger partial charge in [0.1, 0.15) is 24.2 Å². The van der Waals surface area contributed by atoms with E-state index in [4.69, 9.17) is 9.84 Å². The highest BCUT2D eigenvalue weighted by molar-refractivity contribution is 9.10. The molecule has 1 heterocycles. The van der Waals surface area contributed by atoms with Crippen molar-refractivity contribution in [2.75, 3.05) is 0 Å². The zero-order valence-corrected chi connectivity index (χ0v) is 12.5. The van der Waals surface area contributed by atoms with E-state index in [-0.39, 0.29) is 12.2 Å². The molecule has 0 unspecified atom stereocenters. The van der Waals surface area contributed by atoms with Crippen LogP contribution >= 0.6 is 15.9 Å². The number of aromatic nitrogens is 3. The first-order valence-electron chi connectivity index (χ1n) is 6.14. The number of aryl methyl sites for hydroxylation is 1. The van der Waals surface area contributed by atoms with Gasteiger partial charge in [-0.2, -0.15) is 5.10 Å². The highest BCUT2D eigenvalue weighted by Crippen LogP contribution is 2.24. The van der Waals surface area contributed by atoms with Gasteiger partial charge in [0.2, 0.25) is 0 Å². The minimum Gasteiger partial charge on any atom is -0.485 e. The minimum atomic E-state index is -1.03. The highest BCUT2D eigenvalue weighted by Gasteiger charge is 2.13. The summed E-state index contributed by atoms with van der Waals surface area (Å²) in [6.07, 6.45) is 2.41. The maximum atomic E-state index is 11.2. The topological polar surface area (TPSA) is 77.2 Å². The third-order valence-electron chi connectivity index (χ3n) is 2.66. The molecule has 0 saturated carbocycles. The van der Waals surface area contributed by atoms with Crippen molar-refractivity contribution in [3.05, 3.63) is 40.4 Å². The van der Waals surface area contributed by atoms with Gasteiger partial charge in [0.25, 0.3) is 0 Å². The van der Waals surface area contributed by atoms with Gasteiger partial charge in [-0.25, -0.2) is 14.5 Å². The largest absolute Gasteiger partial charge is 0.485 e. The van der Waals surface area contributed by atoms with Crippen LogP contribution in [0.2, 0.25) is 0 Å². The average Bonchev–Trinajstić information content (AvgIpc) is 2.85. The predicted molar refractivity (Wildman–Crippen MR) is 75.7 cm³/mol. The molecule has 0 aliphatic rings. The summed E-state index contributed by atoms with van der Waals surface area (Å²) in [7, 11) is 0. The Hall–Kier alpha value is -1.89. The Labute approximate surface area is 124 Å². The first-order chi connectivity index (χ1) is 9.61. The van der Waals surface area contributed by atoms with E-state index < -0.39 is 5.97 Å². The molecule has 1 N–H and O–H groups in total. The molecular formula is C13H14BrN3O3. The Bertz CT molecular complexity index is 613. The highest BCUT2D eigenvalue weighted by atomic mass is 79.9. The quantitative estimate of drug-likeness (QED) is 0.875. The fourth-order valence-electron chi connectivity index (χ4n) is 1.74. The molecule has 0 aliphatic carbocycles. The molecule has 1 aromatic heterocycles. The van der Waals surface area contributed by atoms with Gasteiger partial charge in [0.15, 0.2) is 5.82 Å². The van der Waals surface area contributed by atoms with Gasteiger partial charge in [-0.1, -0.05) is 22.9 Å². The zero-order valence-electron chi connectivity index (χ0n) is 10.9. The number of halogens is 1. The van der Waals surface area contributed by atoms with Crippen LogP contribution in [0.5, 0.6) is 5.75 Å². The number of carbonyl (C=O) groups is 1. The van der Waals surface area contributed by atoms with E-state index >= 15 is 0 Å². The first-order valence-corrected chi connectivity index (χ1v) is 6.93. The summed E-state index contributed by atoms with van der Waals surface area (Å²) in [5.41, 5.74) is 0.112. The van der Waals surface area contributed by atoms with Gasteiger partial charge >= 0.3 is 5.97 Å². The fourth-order valence-corrected chi connectivity index (χ4v) is 2.10. The number of aromatic carboxylic acids is 1. The third-order valence-corrected chi connectivity index (χ3v) is 3.15. The lowest BCUT2D eigenvalue weighted by Gasteiger charge is -2.10. The summed E-state index contributed by atoms with van der Waals surface area (Å²) in [6, 6.07) is 4.86. The molecule has 2 aromatic rings. The molecule has 0 spiro atoms. The molecule has 0 fully saturated rings. The SMILES string of the molecule is CCCn1ncnc1COc1ccc(Br)cc1C(=O)O. The van der Waals surface area contributed by atoms with Crippen LogP contribution < -0.4 is 4.74 Å². The van der Waals surface area contributed by atoms with Crippen molar-refractivity contribution >= 4 is 21.9 Å². The zero-order chi connectivity index (χ0) is 14.5. The molecule has 0 bridgehead atoms. The second kappa shape index (κ2) is 6.51. The smallest absolute Gasteiger partial charge is 0.339 e. The van der Waals surface area contributed by atoms with Gasteiger partial charge in [0.05, 0.1) is 0 Å². The normalized spacial score (nSPS) is 10.5. The van der Waals surface area contributed by atoms with Crippen LogP contribution in [0, 0.1) is 0 Å². The van der Waals surface area contributed by atoms with E-state index in [1.807, 2.05) is 6.92 Å². The van der Waals surface area contributed by atoms with Crippen LogP contribution in [0.25, 0.3) is 0 Å². The molecule has 106 valence electrons. The van der Waals surface area contributed by atoms with E-state index in [0.29, 0.717) is 16.0 Å². The summed E-state index contributed by atoms with van der Waals surface area (Å²) in [6.45, 7) is 2.98. The maximum Gasteiger partial charge on any atom is 0.339 e. The number of nitrogens with zero attached hydrogens (tertiary/aromatic N) is 3. The number of ether oxygens (including phenoxy) is 1. The summed E-state index contributed by atoms with van der Waals surface area (Å²) in [4.78, 5) is 15.3. The minimum absolute atomic E-state index is 0.112. The molecule has 0 radical (unpaired) electrons. The van der Waals surface area contributed by atoms with Crippen LogP contribution in [-0.2, 0) is 13.2 Å². The number of benzene rings is 1. The number of rotatable bonds is 6. The van der Waals surface area contributed by atoms with Crippen molar-refractivity contribution in [3.8, 4) is 5.75 Å². The summed E-state index contributed by atoms with van der Waals surface area (Å²) in [5.74, 6) is -0.0471. The number of hydrogen-bond acceptors (Lipinski definition) is 4. The molecule has 2 rings (SSSR count). The first kappa shape index (κ1) is 14.5. The lowest BCUT2D eigenvalue weighted by atomic mass is 10.2. The standard InChI is InChI=1S/C13H14BrN3O3/c1-2-5-17-12(15-8-16-17)7-20-11-4-3-9(14)6-10(11)13(18)19/h3-4,6,8H,2,5,7H2,1H3,(H,18,19). The Morgan fingerprint density at radius 3 is 3.00 bits per heavy atom. The third kappa shape index (κ3) is 3.36. The molecule has 20 heavy (non-hydrogen) atoms. The van der Waals surface area contributed by atoms with Crippen LogP contribution in [0.4, 0.5) is 0 Å². The van der Waals surface area contributed by atoms with E-state index in [9.17, 15) is 4.79 Å². The molecule has 7 heteroatoms. The Morgan fingerprint density at radius 2 is 2.30 bits per heavy atom. The number of carboxylic acids is 1. The number of hydrogen-bond donors (Lipinski definition) is 1. The Morgan fingerprint density at radius 1 is 1.50 bits per heavy atom. The van der Waals surface area contributed by atoms with Gasteiger partial charge in [-0.05, 0) is 24.6 Å². The van der Waals surface area contributed by atoms with Crippen molar-refractivity contribution < 1.29 is 14.6 Å². The van der Waals surface area contributed by atoms with Crippen LogP contribution in [0.1, 0.15) is 29.5 Å². The van der Waals surface area contributed by atoms with Gasteiger partial charge in [-0.3, -0.25) is 0 Å². The second-order valence-electron chi connectivity index (χ2n) is 4.13. The molecule has 6 nitrogen and oxygen atoms in total. The van der Waals surface area contributed by atoms with Crippen LogP contribution in [-0.4, -0.2) is 25.8 Å². The lowest BCUT2D eigenvalue weighted by Crippen LogP contribution is -2.10. The van der Waals surface area contributed by atoms with E-state index in [0.717, 1.165) is 13.0 Å². The molecule has 0 atom stereocenters. The predicted octanol–water partition coefficient (Wildman–Crippen LogP) is 2.73.